The van der Waals surface area contributed by atoms with Crippen molar-refractivity contribution in [3.05, 3.63) is 71.1 Å². The number of fused-ring (bicyclic) bond motifs is 1. The van der Waals surface area contributed by atoms with Crippen molar-refractivity contribution in [1.29, 1.82) is 0 Å². The number of methoxy groups -OCH3 is 1. The van der Waals surface area contributed by atoms with Crippen molar-refractivity contribution in [1.82, 2.24) is 5.16 Å². The number of nitrogens with one attached hydrogen (secondary N) is 1. The van der Waals surface area contributed by atoms with Gasteiger partial charge in [0.05, 0.1) is 25.0 Å². The minimum Gasteiger partial charge on any atom is -0.497 e. The van der Waals surface area contributed by atoms with Crippen LogP contribution in [0.3, 0.4) is 0 Å². The van der Waals surface area contributed by atoms with Crippen LogP contribution in [0.5, 0.6) is 11.5 Å². The molecule has 0 spiro atoms. The number of aromatic nitrogens is 1. The third-order valence-electron chi connectivity index (χ3n) is 5.19. The van der Waals surface area contributed by atoms with Crippen LogP contribution in [0.15, 0.2) is 53.1 Å². The van der Waals surface area contributed by atoms with Crippen molar-refractivity contribution in [2.45, 2.75) is 20.4 Å². The molecule has 0 bridgehead atoms. The summed E-state index contributed by atoms with van der Waals surface area (Å²) in [4.78, 5) is 26.6. The summed E-state index contributed by atoms with van der Waals surface area (Å²) >= 11 is 0. The Kier molecular flexibility index (Phi) is 5.93. The van der Waals surface area contributed by atoms with E-state index in [2.05, 4.69) is 10.5 Å². The Bertz CT molecular complexity index is 1180. The largest absolute Gasteiger partial charge is 0.497 e. The number of hydrogen-bond acceptors (Lipinski definition) is 6. The molecule has 2 aromatic carbocycles. The van der Waals surface area contributed by atoms with Crippen molar-refractivity contribution < 1.29 is 23.6 Å². The molecule has 4 rings (SSSR count). The highest BCUT2D eigenvalue weighted by atomic mass is 16.5. The molecule has 32 heavy (non-hydrogen) atoms. The molecule has 0 unspecified atom stereocenters. The van der Waals surface area contributed by atoms with Crippen LogP contribution in [-0.4, -0.2) is 30.7 Å². The molecule has 3 aromatic rings. The smallest absolute Gasteiger partial charge is 0.265 e. The number of aryl methyl sites for hydroxylation is 2. The fourth-order valence-corrected chi connectivity index (χ4v) is 3.44. The zero-order valence-electron chi connectivity index (χ0n) is 18.0. The second-order valence-electron chi connectivity index (χ2n) is 7.35. The van der Waals surface area contributed by atoms with E-state index in [4.69, 9.17) is 14.0 Å². The number of amides is 2. The number of benzene rings is 2. The average Bonchev–Trinajstić information content (AvgIpc) is 3.11. The third kappa shape index (κ3) is 4.49. The van der Waals surface area contributed by atoms with Crippen LogP contribution in [0, 0.1) is 13.8 Å². The third-order valence-corrected chi connectivity index (χ3v) is 5.19. The van der Waals surface area contributed by atoms with Gasteiger partial charge in [-0.3, -0.25) is 9.59 Å². The first-order valence-corrected chi connectivity index (χ1v) is 10.1. The first-order valence-electron chi connectivity index (χ1n) is 10.1. The normalized spacial score (nSPS) is 13.1. The van der Waals surface area contributed by atoms with E-state index in [1.54, 1.807) is 36.3 Å². The lowest BCUT2D eigenvalue weighted by atomic mass is 10.1. The van der Waals surface area contributed by atoms with Gasteiger partial charge in [0.25, 0.3) is 5.91 Å². The van der Waals surface area contributed by atoms with Crippen LogP contribution in [0.2, 0.25) is 0 Å². The zero-order chi connectivity index (χ0) is 22.7. The molecule has 2 amide bonds. The number of carbonyl (C=O) groups excluding carboxylic acids is 2. The van der Waals surface area contributed by atoms with Gasteiger partial charge in [-0.15, -0.1) is 0 Å². The lowest BCUT2D eigenvalue weighted by molar-refractivity contribution is -0.121. The van der Waals surface area contributed by atoms with Gasteiger partial charge < -0.3 is 24.2 Å². The van der Waals surface area contributed by atoms with Gasteiger partial charge in [-0.05, 0) is 55.8 Å². The second kappa shape index (κ2) is 8.97. The van der Waals surface area contributed by atoms with E-state index in [0.29, 0.717) is 35.2 Å². The summed E-state index contributed by atoms with van der Waals surface area (Å²) in [6, 6.07) is 12.6. The molecular formula is C24H23N3O5. The number of carbonyl (C=O) groups is 2. The van der Waals surface area contributed by atoms with Crippen LogP contribution in [-0.2, 0) is 16.1 Å². The highest BCUT2D eigenvalue weighted by Crippen LogP contribution is 2.36. The fraction of sp³-hybridized carbons (Fsp3) is 0.208. The molecule has 1 aromatic heterocycles. The van der Waals surface area contributed by atoms with Crippen LogP contribution < -0.4 is 19.7 Å². The number of rotatable bonds is 6. The van der Waals surface area contributed by atoms with Crippen LogP contribution >= 0.6 is 0 Å². The van der Waals surface area contributed by atoms with E-state index >= 15 is 0 Å². The Morgan fingerprint density at radius 3 is 2.84 bits per heavy atom. The SMILES string of the molecule is COc1cccc(/C=C/C(=O)Nc2ccc3c(c2)N(Cc2c(C)noc2C)C(=O)CO3)c1. The van der Waals surface area contributed by atoms with Gasteiger partial charge in [0.15, 0.2) is 6.61 Å². The average molecular weight is 433 g/mol. The van der Waals surface area contributed by atoms with Crippen molar-refractivity contribution >= 4 is 29.3 Å². The van der Waals surface area contributed by atoms with Crippen molar-refractivity contribution in [2.24, 2.45) is 0 Å². The van der Waals surface area contributed by atoms with E-state index in [0.717, 1.165) is 16.8 Å². The van der Waals surface area contributed by atoms with E-state index in [-0.39, 0.29) is 18.4 Å². The van der Waals surface area contributed by atoms with E-state index < -0.39 is 0 Å². The summed E-state index contributed by atoms with van der Waals surface area (Å²) in [6.45, 7) is 3.91. The Morgan fingerprint density at radius 1 is 1.25 bits per heavy atom. The van der Waals surface area contributed by atoms with Gasteiger partial charge in [-0.25, -0.2) is 0 Å². The van der Waals surface area contributed by atoms with Gasteiger partial charge in [0, 0.05) is 17.3 Å². The summed E-state index contributed by atoms with van der Waals surface area (Å²) in [5, 5.41) is 6.79. The van der Waals surface area contributed by atoms with Gasteiger partial charge in [-0.2, -0.15) is 0 Å². The second-order valence-corrected chi connectivity index (χ2v) is 7.35. The molecule has 8 heteroatoms. The molecule has 2 heterocycles. The lowest BCUT2D eigenvalue weighted by Crippen LogP contribution is -2.38. The minimum absolute atomic E-state index is 0.0502. The number of nitrogens with zero attached hydrogens (tertiary/aromatic N) is 2. The molecule has 1 aliphatic heterocycles. The predicted octanol–water partition coefficient (Wildman–Crippen LogP) is 3.88. The standard InChI is InChI=1S/C24H23N3O5/c1-15-20(16(2)32-26-15)13-27-21-12-18(8-9-22(21)31-14-24(27)29)25-23(28)10-7-17-5-4-6-19(11-17)30-3/h4-12H,13-14H2,1-3H3,(H,25,28)/b10-7+. The quantitative estimate of drug-likeness (QED) is 0.593. The molecule has 0 fully saturated rings. The monoisotopic (exact) mass is 433 g/mol. The summed E-state index contributed by atoms with van der Waals surface area (Å²) < 4.78 is 16.0. The molecule has 164 valence electrons. The highest BCUT2D eigenvalue weighted by Gasteiger charge is 2.28. The zero-order valence-corrected chi connectivity index (χ0v) is 18.0. The van der Waals surface area contributed by atoms with Gasteiger partial charge in [0.2, 0.25) is 5.91 Å². The highest BCUT2D eigenvalue weighted by molar-refractivity contribution is 6.03. The Morgan fingerprint density at radius 2 is 2.09 bits per heavy atom. The van der Waals surface area contributed by atoms with E-state index in [1.807, 2.05) is 38.1 Å². The molecule has 0 saturated heterocycles. The molecule has 1 N–H and O–H groups in total. The maximum Gasteiger partial charge on any atom is 0.265 e. The van der Waals surface area contributed by atoms with Gasteiger partial charge >= 0.3 is 0 Å². The minimum atomic E-state index is -0.298. The molecule has 1 aliphatic rings. The molecule has 0 atom stereocenters. The summed E-state index contributed by atoms with van der Waals surface area (Å²) in [6.07, 6.45) is 3.14. The topological polar surface area (TPSA) is 93.9 Å². The van der Waals surface area contributed by atoms with Gasteiger partial charge in [-0.1, -0.05) is 17.3 Å². The molecule has 0 saturated carbocycles. The maximum absolute atomic E-state index is 12.6. The summed E-state index contributed by atoms with van der Waals surface area (Å²) in [7, 11) is 1.59. The number of hydrogen-bond donors (Lipinski definition) is 1. The predicted molar refractivity (Wildman–Crippen MR) is 120 cm³/mol. The lowest BCUT2D eigenvalue weighted by Gasteiger charge is -2.29. The number of anilines is 2. The van der Waals surface area contributed by atoms with Crippen LogP contribution in [0.25, 0.3) is 6.08 Å². The molecular weight excluding hydrogens is 410 g/mol. The van der Waals surface area contributed by atoms with Gasteiger partial charge in [0.1, 0.15) is 17.3 Å². The van der Waals surface area contributed by atoms with Crippen LogP contribution in [0.4, 0.5) is 11.4 Å². The first-order chi connectivity index (χ1) is 15.4. The van der Waals surface area contributed by atoms with Crippen molar-refractivity contribution in [3.63, 3.8) is 0 Å². The van der Waals surface area contributed by atoms with E-state index in [9.17, 15) is 9.59 Å². The Hall–Kier alpha value is -4.07. The van der Waals surface area contributed by atoms with E-state index in [1.165, 1.54) is 6.08 Å². The van der Waals surface area contributed by atoms with Crippen molar-refractivity contribution in [2.75, 3.05) is 23.9 Å². The Labute approximate surface area is 185 Å². The first kappa shape index (κ1) is 21.2. The fourth-order valence-electron chi connectivity index (χ4n) is 3.44. The van der Waals surface area contributed by atoms with Crippen LogP contribution in [0.1, 0.15) is 22.6 Å². The number of ether oxygens (including phenoxy) is 2. The molecule has 0 radical (unpaired) electrons. The summed E-state index contributed by atoms with van der Waals surface area (Å²) in [5.41, 5.74) is 3.55. The van der Waals surface area contributed by atoms with Crippen molar-refractivity contribution in [3.8, 4) is 11.5 Å². The maximum atomic E-state index is 12.6. The summed E-state index contributed by atoms with van der Waals surface area (Å²) in [5.74, 6) is 1.47. The molecule has 8 nitrogen and oxygen atoms in total. The Balaban J connectivity index is 1.53. The molecule has 0 aliphatic carbocycles.